The second kappa shape index (κ2) is 2.73. The fraction of sp³-hybridized carbons (Fsp3) is 1.00. The standard InChI is InChI=1S/C2H6ClFNP/c1-5(2)6(3)4/h1-2H3. The third kappa shape index (κ3) is 2.83. The summed E-state index contributed by atoms with van der Waals surface area (Å²) in [6.07, 6.45) is 0. The Morgan fingerprint density at radius 2 is 1.83 bits per heavy atom. The van der Waals surface area contributed by atoms with Crippen LogP contribution in [0.2, 0.25) is 0 Å². The number of nitrogens with zero attached hydrogens (tertiary/aromatic N) is 1. The Bertz CT molecular complexity index is 34.5. The molecule has 0 fully saturated rings. The van der Waals surface area contributed by atoms with Gasteiger partial charge in [0.05, 0.1) is 0 Å². The van der Waals surface area contributed by atoms with Crippen LogP contribution in [0.3, 0.4) is 0 Å². The van der Waals surface area contributed by atoms with E-state index < -0.39 is 7.74 Å². The largest absolute Gasteiger partial charge is 0.254 e. The van der Waals surface area contributed by atoms with E-state index in [-0.39, 0.29) is 0 Å². The maximum absolute atomic E-state index is 11.6. The van der Waals surface area contributed by atoms with Gasteiger partial charge in [-0.1, -0.05) is 0 Å². The second-order valence-corrected chi connectivity index (χ2v) is 3.13. The van der Waals surface area contributed by atoms with Crippen LogP contribution in [0.15, 0.2) is 0 Å². The number of rotatable bonds is 1. The van der Waals surface area contributed by atoms with E-state index >= 15 is 0 Å². The fourth-order valence-electron chi connectivity index (χ4n) is 0. The molecule has 1 nitrogen and oxygen atoms in total. The van der Waals surface area contributed by atoms with Gasteiger partial charge in [-0.15, -0.1) is 0 Å². The zero-order valence-corrected chi connectivity index (χ0v) is 5.30. The maximum Gasteiger partial charge on any atom is 0.254 e. The van der Waals surface area contributed by atoms with Crippen molar-refractivity contribution in [2.24, 2.45) is 0 Å². The molecule has 0 radical (unpaired) electrons. The zero-order valence-electron chi connectivity index (χ0n) is 3.65. The first-order chi connectivity index (χ1) is 2.64. The van der Waals surface area contributed by atoms with Gasteiger partial charge >= 0.3 is 0 Å². The molecule has 1 unspecified atom stereocenters. The predicted molar refractivity (Wildman–Crippen MR) is 27.6 cm³/mol. The van der Waals surface area contributed by atoms with Crippen LogP contribution in [0.1, 0.15) is 0 Å². The summed E-state index contributed by atoms with van der Waals surface area (Å²) < 4.78 is 12.9. The summed E-state index contributed by atoms with van der Waals surface area (Å²) in [5, 5.41) is 0. The van der Waals surface area contributed by atoms with Gasteiger partial charge < -0.3 is 0 Å². The molecular formula is C2H6ClFNP. The van der Waals surface area contributed by atoms with Crippen LogP contribution >= 0.6 is 19.0 Å². The monoisotopic (exact) mass is 129 g/mol. The molecule has 0 spiro atoms. The summed E-state index contributed by atoms with van der Waals surface area (Å²) in [6, 6.07) is 0. The lowest BCUT2D eigenvalue weighted by Gasteiger charge is -2.04. The molecule has 0 rings (SSSR count). The van der Waals surface area contributed by atoms with Gasteiger partial charge in [0.1, 0.15) is 0 Å². The zero-order chi connectivity index (χ0) is 5.15. The highest BCUT2D eigenvalue weighted by Gasteiger charge is 2.00. The topological polar surface area (TPSA) is 3.24 Å². The highest BCUT2D eigenvalue weighted by atomic mass is 35.7. The quantitative estimate of drug-likeness (QED) is 0.490. The lowest BCUT2D eigenvalue weighted by Crippen LogP contribution is -1.95. The van der Waals surface area contributed by atoms with E-state index in [1.165, 1.54) is 4.67 Å². The molecule has 0 aromatic rings. The first-order valence-corrected chi connectivity index (χ1v) is 3.52. The Labute approximate surface area is 42.8 Å². The molecule has 4 heteroatoms. The van der Waals surface area contributed by atoms with Crippen molar-refractivity contribution in [1.29, 1.82) is 0 Å². The van der Waals surface area contributed by atoms with Gasteiger partial charge in [0.25, 0.3) is 7.74 Å². The first-order valence-electron chi connectivity index (χ1n) is 1.43. The van der Waals surface area contributed by atoms with Gasteiger partial charge in [0.2, 0.25) is 0 Å². The van der Waals surface area contributed by atoms with E-state index in [0.717, 1.165) is 0 Å². The lowest BCUT2D eigenvalue weighted by atomic mass is 11.3. The molecule has 0 saturated carbocycles. The Morgan fingerprint density at radius 3 is 1.83 bits per heavy atom. The van der Waals surface area contributed by atoms with Crippen LogP contribution in [0.25, 0.3) is 0 Å². The average molecular weight is 130 g/mol. The average Bonchev–Trinajstić information content (AvgIpc) is 1.36. The Hall–Kier alpha value is 0.610. The molecule has 0 aliphatic heterocycles. The van der Waals surface area contributed by atoms with Gasteiger partial charge in [-0.2, -0.15) is 4.20 Å². The van der Waals surface area contributed by atoms with Crippen LogP contribution in [-0.4, -0.2) is 18.8 Å². The Morgan fingerprint density at radius 1 is 1.67 bits per heavy atom. The predicted octanol–water partition coefficient (Wildman–Crippen LogP) is 1.98. The Balaban J connectivity index is 2.99. The summed E-state index contributed by atoms with van der Waals surface area (Å²) in [4.78, 5) is 0. The van der Waals surface area contributed by atoms with Crippen molar-refractivity contribution in [3.63, 3.8) is 0 Å². The van der Waals surface area contributed by atoms with Crippen LogP contribution < -0.4 is 0 Å². The van der Waals surface area contributed by atoms with Gasteiger partial charge in [0, 0.05) is 0 Å². The molecule has 0 aliphatic carbocycles. The third-order valence-electron chi connectivity index (χ3n) is 0.302. The minimum atomic E-state index is -1.85. The summed E-state index contributed by atoms with van der Waals surface area (Å²) in [5.41, 5.74) is 0. The Kier molecular flexibility index (Phi) is 3.01. The van der Waals surface area contributed by atoms with Gasteiger partial charge in [0.15, 0.2) is 0 Å². The summed E-state index contributed by atoms with van der Waals surface area (Å²) in [7, 11) is 1.34. The minimum Gasteiger partial charge on any atom is -0.249 e. The van der Waals surface area contributed by atoms with Crippen LogP contribution in [-0.2, 0) is 0 Å². The number of halogens is 2. The second-order valence-electron chi connectivity index (χ2n) is 1.06. The summed E-state index contributed by atoms with van der Waals surface area (Å²) in [5.74, 6) is 0. The minimum absolute atomic E-state index is 1.33. The highest BCUT2D eigenvalue weighted by molar-refractivity contribution is 7.77. The van der Waals surface area contributed by atoms with Crippen molar-refractivity contribution in [2.45, 2.75) is 0 Å². The first kappa shape index (κ1) is 6.61. The van der Waals surface area contributed by atoms with Crippen LogP contribution in [0.5, 0.6) is 0 Å². The number of hydrogen-bond acceptors (Lipinski definition) is 1. The van der Waals surface area contributed by atoms with E-state index in [0.29, 0.717) is 0 Å². The maximum atomic E-state index is 11.6. The molecule has 1 atom stereocenters. The van der Waals surface area contributed by atoms with Crippen molar-refractivity contribution >= 4 is 19.0 Å². The molecule has 0 N–H and O–H groups in total. The van der Waals surface area contributed by atoms with Gasteiger partial charge in [-0.05, 0) is 25.3 Å². The van der Waals surface area contributed by atoms with Crippen molar-refractivity contribution in [2.75, 3.05) is 14.1 Å². The number of hydrogen-bond donors (Lipinski definition) is 0. The van der Waals surface area contributed by atoms with E-state index in [9.17, 15) is 4.20 Å². The van der Waals surface area contributed by atoms with Gasteiger partial charge in [-0.25, -0.2) is 4.67 Å². The van der Waals surface area contributed by atoms with E-state index in [2.05, 4.69) is 0 Å². The molecule has 0 amide bonds. The smallest absolute Gasteiger partial charge is 0.249 e. The van der Waals surface area contributed by atoms with E-state index in [4.69, 9.17) is 11.2 Å². The molecule has 0 aliphatic rings. The SMILES string of the molecule is CN(C)P(F)Cl. The van der Waals surface area contributed by atoms with Crippen molar-refractivity contribution in [1.82, 2.24) is 4.67 Å². The third-order valence-corrected chi connectivity index (χ3v) is 1.81. The molecule has 38 valence electrons. The molecule has 0 heterocycles. The fourth-order valence-corrected chi connectivity index (χ4v) is 0. The lowest BCUT2D eigenvalue weighted by molar-refractivity contribution is 0.640. The van der Waals surface area contributed by atoms with Crippen molar-refractivity contribution in [3.05, 3.63) is 0 Å². The molecule has 0 aromatic carbocycles. The van der Waals surface area contributed by atoms with E-state index in [1.54, 1.807) is 14.1 Å². The molecule has 0 saturated heterocycles. The molecular weight excluding hydrogens is 123 g/mol. The summed E-state index contributed by atoms with van der Waals surface area (Å²) >= 11 is 4.94. The van der Waals surface area contributed by atoms with Crippen LogP contribution in [0.4, 0.5) is 4.20 Å². The van der Waals surface area contributed by atoms with Crippen molar-refractivity contribution in [3.8, 4) is 0 Å². The summed E-state index contributed by atoms with van der Waals surface area (Å²) in [6.45, 7) is 0. The molecule has 6 heavy (non-hydrogen) atoms. The highest BCUT2D eigenvalue weighted by Crippen LogP contribution is 2.43. The van der Waals surface area contributed by atoms with Crippen LogP contribution in [0, 0.1) is 0 Å². The van der Waals surface area contributed by atoms with E-state index in [1.807, 2.05) is 0 Å². The molecule has 0 bridgehead atoms. The van der Waals surface area contributed by atoms with Gasteiger partial charge in [-0.3, -0.25) is 0 Å². The van der Waals surface area contributed by atoms with Crippen molar-refractivity contribution < 1.29 is 4.20 Å². The molecule has 0 aromatic heterocycles. The normalized spacial score (nSPS) is 15.5.